The van der Waals surface area contributed by atoms with Gasteiger partial charge in [0.25, 0.3) is 0 Å². The smallest absolute Gasteiger partial charge is 0.338 e. The molecule has 80 valence electrons. The van der Waals surface area contributed by atoms with E-state index in [1.807, 2.05) is 0 Å². The Hall–Kier alpha value is -0.910. The summed E-state index contributed by atoms with van der Waals surface area (Å²) in [7, 11) is -3.61. The first-order valence-corrected chi connectivity index (χ1v) is 5.82. The summed E-state index contributed by atoms with van der Waals surface area (Å²) in [6.45, 7) is 1.72. The monoisotopic (exact) mass is 222 g/mol. The highest BCUT2D eigenvalue weighted by atomic mass is 32.2. The van der Waals surface area contributed by atoms with Crippen LogP contribution in [0.25, 0.3) is 0 Å². The van der Waals surface area contributed by atoms with Gasteiger partial charge in [-0.15, -0.1) is 0 Å². The summed E-state index contributed by atoms with van der Waals surface area (Å²) in [5.74, 6) is -0.891. The molecule has 0 saturated heterocycles. The highest BCUT2D eigenvalue weighted by molar-refractivity contribution is 7.94. The van der Waals surface area contributed by atoms with Crippen molar-refractivity contribution < 1.29 is 22.3 Å². The first kappa shape index (κ1) is 11.2. The van der Waals surface area contributed by atoms with Crippen LogP contribution in [-0.4, -0.2) is 32.9 Å². The van der Waals surface area contributed by atoms with Gasteiger partial charge in [0.15, 0.2) is 9.84 Å². The molecule has 0 bridgehead atoms. The van der Waals surface area contributed by atoms with Crippen molar-refractivity contribution in [3.05, 3.63) is 10.5 Å². The fraction of sp³-hybridized carbons (Fsp3) is 0.625. The van der Waals surface area contributed by atoms with Gasteiger partial charge in [-0.1, -0.05) is 0 Å². The van der Waals surface area contributed by atoms with Crippen LogP contribution in [0.15, 0.2) is 10.5 Å². The molecule has 0 aromatic carbocycles. The van der Waals surface area contributed by atoms with E-state index in [0.717, 1.165) is 6.26 Å². The van der Waals surface area contributed by atoms with Crippen LogP contribution in [-0.2, 0) is 19.4 Å². The predicted molar refractivity (Wildman–Crippen MR) is 48.0 cm³/mol. The summed E-state index contributed by atoms with van der Waals surface area (Å²) in [6.07, 6.45) is 0.932. The molecule has 14 heavy (non-hydrogen) atoms. The first-order chi connectivity index (χ1) is 6.20. The second kappa shape index (κ2) is 3.05. The molecule has 1 aliphatic rings. The van der Waals surface area contributed by atoms with Gasteiger partial charge in [-0.05, 0) is 13.8 Å². The molecular formula is C8H11FO4S. The number of carbonyl (C=O) groups is 1. The van der Waals surface area contributed by atoms with E-state index in [9.17, 15) is 17.6 Å². The van der Waals surface area contributed by atoms with Crippen molar-refractivity contribution in [1.82, 2.24) is 0 Å². The molecule has 0 unspecified atom stereocenters. The van der Waals surface area contributed by atoms with Gasteiger partial charge < -0.3 is 4.74 Å². The minimum Gasteiger partial charge on any atom is -0.451 e. The Labute approximate surface area is 81.7 Å². The van der Waals surface area contributed by atoms with Gasteiger partial charge in [-0.3, -0.25) is 0 Å². The molecule has 0 amide bonds. The number of rotatable bonds is 2. The van der Waals surface area contributed by atoms with E-state index in [1.54, 1.807) is 0 Å². The maximum absolute atomic E-state index is 12.4. The highest BCUT2D eigenvalue weighted by Crippen LogP contribution is 2.35. The molecule has 0 aromatic heterocycles. The fourth-order valence-electron chi connectivity index (χ4n) is 1.58. The summed E-state index contributed by atoms with van der Waals surface area (Å²) < 4.78 is 39.8. The molecule has 6 heteroatoms. The number of hydrogen-bond donors (Lipinski definition) is 0. The SMILES string of the molecule is CC1(C)OC(=O)C(CF)=C1S(C)(=O)=O. The zero-order chi connectivity index (χ0) is 11.1. The molecular weight excluding hydrogens is 211 g/mol. The van der Waals surface area contributed by atoms with Crippen LogP contribution < -0.4 is 0 Å². The third-order valence-electron chi connectivity index (χ3n) is 1.92. The average molecular weight is 222 g/mol. The Morgan fingerprint density at radius 1 is 1.43 bits per heavy atom. The zero-order valence-electron chi connectivity index (χ0n) is 8.13. The van der Waals surface area contributed by atoms with Crippen molar-refractivity contribution in [3.8, 4) is 0 Å². The van der Waals surface area contributed by atoms with Crippen LogP contribution in [0.2, 0.25) is 0 Å². The van der Waals surface area contributed by atoms with Gasteiger partial charge >= 0.3 is 5.97 Å². The number of sulfone groups is 1. The van der Waals surface area contributed by atoms with Crippen LogP contribution in [0.3, 0.4) is 0 Å². The molecule has 1 aliphatic heterocycles. The molecule has 0 N–H and O–H groups in total. The van der Waals surface area contributed by atoms with Crippen LogP contribution in [0.1, 0.15) is 13.8 Å². The second-order valence-corrected chi connectivity index (χ2v) is 5.57. The number of carbonyl (C=O) groups excluding carboxylic acids is 1. The van der Waals surface area contributed by atoms with Crippen molar-refractivity contribution in [2.24, 2.45) is 0 Å². The first-order valence-electron chi connectivity index (χ1n) is 3.93. The fourth-order valence-corrected chi connectivity index (χ4v) is 3.10. The molecule has 0 radical (unpaired) electrons. The average Bonchev–Trinajstić information content (AvgIpc) is 2.17. The van der Waals surface area contributed by atoms with Gasteiger partial charge in [0.2, 0.25) is 0 Å². The van der Waals surface area contributed by atoms with Gasteiger partial charge in [0.05, 0.1) is 5.57 Å². The van der Waals surface area contributed by atoms with E-state index in [4.69, 9.17) is 4.74 Å². The lowest BCUT2D eigenvalue weighted by Crippen LogP contribution is -2.27. The lowest BCUT2D eigenvalue weighted by atomic mass is 10.1. The van der Waals surface area contributed by atoms with Gasteiger partial charge in [-0.25, -0.2) is 17.6 Å². The quantitative estimate of drug-likeness (QED) is 0.641. The number of alkyl halides is 1. The highest BCUT2D eigenvalue weighted by Gasteiger charge is 2.45. The minimum absolute atomic E-state index is 0.252. The Balaban J connectivity index is 3.45. The predicted octanol–water partition coefficient (Wildman–Crippen LogP) is 0.590. The number of hydrogen-bond acceptors (Lipinski definition) is 4. The molecule has 0 aliphatic carbocycles. The standard InChI is InChI=1S/C8H11FO4S/c1-8(2)6(14(3,11)12)5(4-9)7(10)13-8/h4H2,1-3H3. The Morgan fingerprint density at radius 2 is 1.93 bits per heavy atom. The summed E-state index contributed by atoms with van der Waals surface area (Å²) in [4.78, 5) is 10.8. The topological polar surface area (TPSA) is 60.4 Å². The van der Waals surface area contributed by atoms with Crippen molar-refractivity contribution in [1.29, 1.82) is 0 Å². The van der Waals surface area contributed by atoms with Crippen LogP contribution in [0, 0.1) is 0 Å². The molecule has 1 heterocycles. The molecule has 0 spiro atoms. The van der Waals surface area contributed by atoms with Gasteiger partial charge in [0.1, 0.15) is 17.2 Å². The van der Waals surface area contributed by atoms with Crippen LogP contribution >= 0.6 is 0 Å². The lowest BCUT2D eigenvalue weighted by Gasteiger charge is -2.19. The third-order valence-corrected chi connectivity index (χ3v) is 3.40. The summed E-state index contributed by atoms with van der Waals surface area (Å²) in [6, 6.07) is 0. The van der Waals surface area contributed by atoms with E-state index in [-0.39, 0.29) is 4.91 Å². The summed E-state index contributed by atoms with van der Waals surface area (Å²) in [5.41, 5.74) is -1.65. The molecule has 1 rings (SSSR count). The molecule has 4 nitrogen and oxygen atoms in total. The maximum Gasteiger partial charge on any atom is 0.338 e. The number of esters is 1. The van der Waals surface area contributed by atoms with Crippen LogP contribution in [0.4, 0.5) is 4.39 Å². The largest absolute Gasteiger partial charge is 0.451 e. The van der Waals surface area contributed by atoms with Gasteiger partial charge in [-0.2, -0.15) is 0 Å². The van der Waals surface area contributed by atoms with E-state index < -0.39 is 33.7 Å². The zero-order valence-corrected chi connectivity index (χ0v) is 8.94. The second-order valence-electron chi connectivity index (χ2n) is 3.61. The van der Waals surface area contributed by atoms with Crippen molar-refractivity contribution in [2.75, 3.05) is 12.9 Å². The van der Waals surface area contributed by atoms with E-state index in [0.29, 0.717) is 0 Å². The number of ether oxygens (including phenoxy) is 1. The van der Waals surface area contributed by atoms with E-state index in [2.05, 4.69) is 0 Å². The molecule has 0 aromatic rings. The van der Waals surface area contributed by atoms with E-state index in [1.165, 1.54) is 13.8 Å². The summed E-state index contributed by atoms with van der Waals surface area (Å²) in [5, 5.41) is 0. The third kappa shape index (κ3) is 1.66. The van der Waals surface area contributed by atoms with Crippen molar-refractivity contribution in [2.45, 2.75) is 19.4 Å². The van der Waals surface area contributed by atoms with Crippen LogP contribution in [0.5, 0.6) is 0 Å². The maximum atomic E-state index is 12.4. The van der Waals surface area contributed by atoms with E-state index >= 15 is 0 Å². The normalized spacial score (nSPS) is 21.3. The Kier molecular flexibility index (Phi) is 2.43. The van der Waals surface area contributed by atoms with Gasteiger partial charge in [0, 0.05) is 6.26 Å². The molecule has 0 fully saturated rings. The van der Waals surface area contributed by atoms with Crippen molar-refractivity contribution in [3.63, 3.8) is 0 Å². The molecule has 0 saturated carbocycles. The minimum atomic E-state index is -3.61. The van der Waals surface area contributed by atoms with Crippen molar-refractivity contribution >= 4 is 15.8 Å². The lowest BCUT2D eigenvalue weighted by molar-refractivity contribution is -0.144. The Morgan fingerprint density at radius 3 is 2.21 bits per heavy atom. The Bertz CT molecular complexity index is 405. The number of halogens is 1. The molecule has 0 atom stereocenters. The number of cyclic esters (lactones) is 1. The summed E-state index contributed by atoms with van der Waals surface area (Å²) >= 11 is 0.